The van der Waals surface area contributed by atoms with Gasteiger partial charge in [-0.25, -0.2) is 9.37 Å². The zero-order valence-corrected chi connectivity index (χ0v) is 10.7. The Balaban J connectivity index is 2.15. The van der Waals surface area contributed by atoms with E-state index >= 15 is 0 Å². The highest BCUT2D eigenvalue weighted by molar-refractivity contribution is 6.34. The molecule has 1 heterocycles. The Morgan fingerprint density at radius 1 is 1.37 bits per heavy atom. The molecule has 0 unspecified atom stereocenters. The van der Waals surface area contributed by atoms with Gasteiger partial charge in [0.05, 0.1) is 29.6 Å². The number of ether oxygens (including phenoxy) is 1. The molecule has 19 heavy (non-hydrogen) atoms. The molecule has 4 nitrogen and oxygen atoms in total. The van der Waals surface area contributed by atoms with Crippen LogP contribution in [0.3, 0.4) is 0 Å². The molecule has 1 N–H and O–H groups in total. The van der Waals surface area contributed by atoms with Crippen molar-refractivity contribution < 1.29 is 13.9 Å². The Morgan fingerprint density at radius 3 is 2.74 bits per heavy atom. The lowest BCUT2D eigenvalue weighted by Gasteiger charge is -2.07. The summed E-state index contributed by atoms with van der Waals surface area (Å²) in [6.07, 6.45) is 1.45. The lowest BCUT2D eigenvalue weighted by molar-refractivity contribution is 0.102. The normalized spacial score (nSPS) is 10.1. The van der Waals surface area contributed by atoms with Crippen molar-refractivity contribution in [3.8, 4) is 5.88 Å². The van der Waals surface area contributed by atoms with Crippen molar-refractivity contribution in [2.45, 2.75) is 0 Å². The highest BCUT2D eigenvalue weighted by Gasteiger charge is 2.11. The van der Waals surface area contributed by atoms with Gasteiger partial charge in [0.1, 0.15) is 5.82 Å². The first-order chi connectivity index (χ1) is 9.10. The van der Waals surface area contributed by atoms with Gasteiger partial charge in [0.2, 0.25) is 5.88 Å². The minimum Gasteiger partial charge on any atom is -0.481 e. The van der Waals surface area contributed by atoms with E-state index < -0.39 is 11.7 Å². The number of benzene rings is 1. The van der Waals surface area contributed by atoms with E-state index in [1.165, 1.54) is 25.4 Å². The molecule has 0 bridgehead atoms. The molecule has 6 heteroatoms. The van der Waals surface area contributed by atoms with Gasteiger partial charge in [0.25, 0.3) is 5.91 Å². The van der Waals surface area contributed by atoms with E-state index in [4.69, 9.17) is 16.3 Å². The number of pyridine rings is 1. The Labute approximate surface area is 114 Å². The van der Waals surface area contributed by atoms with Crippen LogP contribution in [0.5, 0.6) is 5.88 Å². The first kappa shape index (κ1) is 13.3. The number of anilines is 1. The number of methoxy groups -OCH3 is 1. The first-order valence-electron chi connectivity index (χ1n) is 5.36. The van der Waals surface area contributed by atoms with Crippen molar-refractivity contribution >= 4 is 23.2 Å². The fraction of sp³-hybridized carbons (Fsp3) is 0.0769. The summed E-state index contributed by atoms with van der Waals surface area (Å²) in [5.74, 6) is -0.484. The lowest BCUT2D eigenvalue weighted by Crippen LogP contribution is -2.12. The van der Waals surface area contributed by atoms with Crippen LogP contribution in [0.4, 0.5) is 10.1 Å². The summed E-state index contributed by atoms with van der Waals surface area (Å²) in [4.78, 5) is 15.9. The summed E-state index contributed by atoms with van der Waals surface area (Å²) in [6.45, 7) is 0. The summed E-state index contributed by atoms with van der Waals surface area (Å²) in [6, 6.07) is 6.84. The van der Waals surface area contributed by atoms with Crippen LogP contribution in [-0.2, 0) is 0 Å². The minimum atomic E-state index is -0.493. The largest absolute Gasteiger partial charge is 0.481 e. The fourth-order valence-electron chi connectivity index (χ4n) is 1.45. The summed E-state index contributed by atoms with van der Waals surface area (Å²) in [5, 5.41) is 2.66. The molecule has 0 aliphatic carbocycles. The molecule has 0 aliphatic heterocycles. The number of hydrogen-bond donors (Lipinski definition) is 1. The zero-order chi connectivity index (χ0) is 13.8. The third-order valence-corrected chi connectivity index (χ3v) is 2.69. The number of carbonyl (C=O) groups excluding carboxylic acids is 1. The maximum Gasteiger partial charge on any atom is 0.257 e. The van der Waals surface area contributed by atoms with Gasteiger partial charge in [-0.3, -0.25) is 4.79 Å². The standard InChI is InChI=1S/C13H10ClFN2O2/c1-19-12-5-3-9(7-16-12)17-13(18)10-4-2-8(15)6-11(10)14/h2-7H,1H3,(H,17,18). The lowest BCUT2D eigenvalue weighted by atomic mass is 10.2. The summed E-state index contributed by atoms with van der Waals surface area (Å²) < 4.78 is 17.8. The van der Waals surface area contributed by atoms with Gasteiger partial charge in [-0.1, -0.05) is 11.6 Å². The molecule has 2 aromatic rings. The van der Waals surface area contributed by atoms with Crippen LogP contribution in [0.1, 0.15) is 10.4 Å². The summed E-state index contributed by atoms with van der Waals surface area (Å²) in [7, 11) is 1.50. The second kappa shape index (κ2) is 5.67. The number of rotatable bonds is 3. The van der Waals surface area contributed by atoms with E-state index in [9.17, 15) is 9.18 Å². The van der Waals surface area contributed by atoms with E-state index in [1.807, 2.05) is 0 Å². The molecule has 0 fully saturated rings. The molecule has 98 valence electrons. The molecule has 0 atom stereocenters. The third kappa shape index (κ3) is 3.20. The number of nitrogens with one attached hydrogen (secondary N) is 1. The topological polar surface area (TPSA) is 51.2 Å². The number of aromatic nitrogens is 1. The monoisotopic (exact) mass is 280 g/mol. The van der Waals surface area contributed by atoms with Crippen LogP contribution in [0, 0.1) is 5.82 Å². The van der Waals surface area contributed by atoms with E-state index in [1.54, 1.807) is 12.1 Å². The van der Waals surface area contributed by atoms with Crippen LogP contribution in [0.2, 0.25) is 5.02 Å². The number of halogens is 2. The minimum absolute atomic E-state index is 0.0546. The second-order valence-corrected chi connectivity index (χ2v) is 4.07. The van der Waals surface area contributed by atoms with Gasteiger partial charge in [0.15, 0.2) is 0 Å². The van der Waals surface area contributed by atoms with Crippen LogP contribution in [0.25, 0.3) is 0 Å². The Bertz CT molecular complexity index is 602. The fourth-order valence-corrected chi connectivity index (χ4v) is 1.70. The van der Waals surface area contributed by atoms with Crippen molar-refractivity contribution in [3.05, 3.63) is 52.9 Å². The molecule has 0 saturated heterocycles. The maximum absolute atomic E-state index is 12.9. The molecule has 0 saturated carbocycles. The molecule has 1 aromatic heterocycles. The highest BCUT2D eigenvalue weighted by Crippen LogP contribution is 2.19. The van der Waals surface area contributed by atoms with Gasteiger partial charge >= 0.3 is 0 Å². The molecule has 0 radical (unpaired) electrons. The SMILES string of the molecule is COc1ccc(NC(=O)c2ccc(F)cc2Cl)cn1. The smallest absolute Gasteiger partial charge is 0.257 e. The van der Waals surface area contributed by atoms with Crippen molar-refractivity contribution in [3.63, 3.8) is 0 Å². The molecule has 0 aliphatic rings. The van der Waals surface area contributed by atoms with Crippen molar-refractivity contribution in [2.75, 3.05) is 12.4 Å². The molecule has 2 rings (SSSR count). The van der Waals surface area contributed by atoms with Crippen LogP contribution in [0.15, 0.2) is 36.5 Å². The van der Waals surface area contributed by atoms with Crippen molar-refractivity contribution in [1.82, 2.24) is 4.98 Å². The molecule has 0 spiro atoms. The molecular formula is C13H10ClFN2O2. The van der Waals surface area contributed by atoms with Gasteiger partial charge in [0, 0.05) is 6.07 Å². The predicted molar refractivity (Wildman–Crippen MR) is 70.2 cm³/mol. The Morgan fingerprint density at radius 2 is 2.16 bits per heavy atom. The van der Waals surface area contributed by atoms with Gasteiger partial charge in [-0.05, 0) is 24.3 Å². The highest BCUT2D eigenvalue weighted by atomic mass is 35.5. The van der Waals surface area contributed by atoms with Gasteiger partial charge in [-0.2, -0.15) is 0 Å². The molecule has 1 aromatic carbocycles. The van der Waals surface area contributed by atoms with Crippen molar-refractivity contribution in [2.24, 2.45) is 0 Å². The van der Waals surface area contributed by atoms with Crippen LogP contribution < -0.4 is 10.1 Å². The number of hydrogen-bond acceptors (Lipinski definition) is 3. The first-order valence-corrected chi connectivity index (χ1v) is 5.74. The zero-order valence-electron chi connectivity index (χ0n) is 9.98. The summed E-state index contributed by atoms with van der Waals surface area (Å²) >= 11 is 5.80. The Hall–Kier alpha value is -2.14. The Kier molecular flexibility index (Phi) is 3.97. The predicted octanol–water partition coefficient (Wildman–Crippen LogP) is 3.14. The van der Waals surface area contributed by atoms with E-state index in [2.05, 4.69) is 10.3 Å². The van der Waals surface area contributed by atoms with E-state index in [-0.39, 0.29) is 10.6 Å². The number of carbonyl (C=O) groups is 1. The van der Waals surface area contributed by atoms with Crippen molar-refractivity contribution in [1.29, 1.82) is 0 Å². The maximum atomic E-state index is 12.9. The third-order valence-electron chi connectivity index (χ3n) is 2.38. The molecular weight excluding hydrogens is 271 g/mol. The van der Waals surface area contributed by atoms with Crippen LogP contribution >= 0.6 is 11.6 Å². The van der Waals surface area contributed by atoms with Crippen LogP contribution in [-0.4, -0.2) is 18.0 Å². The van der Waals surface area contributed by atoms with E-state index in [0.717, 1.165) is 6.07 Å². The molecule has 1 amide bonds. The number of amides is 1. The average molecular weight is 281 g/mol. The van der Waals surface area contributed by atoms with E-state index in [0.29, 0.717) is 11.6 Å². The average Bonchev–Trinajstić information content (AvgIpc) is 2.39. The summed E-state index contributed by atoms with van der Waals surface area (Å²) in [5.41, 5.74) is 0.685. The van der Waals surface area contributed by atoms with Gasteiger partial charge < -0.3 is 10.1 Å². The quantitative estimate of drug-likeness (QED) is 0.940. The number of nitrogens with zero attached hydrogens (tertiary/aromatic N) is 1. The second-order valence-electron chi connectivity index (χ2n) is 3.67. The van der Waals surface area contributed by atoms with Gasteiger partial charge in [-0.15, -0.1) is 0 Å².